The molecule has 22 heavy (non-hydrogen) atoms. The third kappa shape index (κ3) is 6.03. The van der Waals surface area contributed by atoms with E-state index >= 15 is 0 Å². The van der Waals surface area contributed by atoms with Crippen LogP contribution in [0.15, 0.2) is 23.3 Å². The minimum absolute atomic E-state index is 0.297. The van der Waals surface area contributed by atoms with Crippen molar-refractivity contribution in [2.75, 3.05) is 5.32 Å². The summed E-state index contributed by atoms with van der Waals surface area (Å²) in [5.41, 5.74) is 3.54. The van der Waals surface area contributed by atoms with Gasteiger partial charge in [0.2, 0.25) is 0 Å². The molecular weight excluding hydrogens is 325 g/mol. The first-order valence-corrected chi connectivity index (χ1v) is 7.85. The zero-order valence-electron chi connectivity index (χ0n) is 12.6. The lowest BCUT2D eigenvalue weighted by Gasteiger charge is -2.06. The summed E-state index contributed by atoms with van der Waals surface area (Å²) in [4.78, 5) is 23.5. The molecule has 0 spiro atoms. The molecule has 1 aromatic carbocycles. The molecule has 0 bridgehead atoms. The predicted molar refractivity (Wildman–Crippen MR) is 90.5 cm³/mol. The lowest BCUT2D eigenvalue weighted by Crippen LogP contribution is -2.33. The monoisotopic (exact) mass is 343 g/mol. The van der Waals surface area contributed by atoms with Gasteiger partial charge in [0.05, 0.1) is 10.0 Å². The van der Waals surface area contributed by atoms with Crippen LogP contribution in [-0.4, -0.2) is 17.5 Å². The molecule has 0 aromatic heterocycles. The molecule has 0 unspecified atom stereocenters. The second-order valence-electron chi connectivity index (χ2n) is 4.70. The van der Waals surface area contributed by atoms with Gasteiger partial charge in [-0.15, -0.1) is 0 Å². The fraction of sp³-hybridized carbons (Fsp3) is 0.400. The van der Waals surface area contributed by atoms with E-state index in [1.165, 1.54) is 12.1 Å². The lowest BCUT2D eigenvalue weighted by molar-refractivity contribution is -0.136. The van der Waals surface area contributed by atoms with Gasteiger partial charge in [-0.25, -0.2) is 5.43 Å². The number of benzene rings is 1. The van der Waals surface area contributed by atoms with Crippen molar-refractivity contribution >= 4 is 46.4 Å². The molecular formula is C15H19Cl2N3O2. The van der Waals surface area contributed by atoms with Crippen LogP contribution < -0.4 is 10.7 Å². The second kappa shape index (κ2) is 9.43. The lowest BCUT2D eigenvalue weighted by atomic mass is 10.1. The van der Waals surface area contributed by atoms with Crippen LogP contribution >= 0.6 is 23.2 Å². The predicted octanol–water partition coefficient (Wildman–Crippen LogP) is 4.00. The molecule has 0 saturated heterocycles. The van der Waals surface area contributed by atoms with Gasteiger partial charge in [0, 0.05) is 11.4 Å². The van der Waals surface area contributed by atoms with E-state index in [1.54, 1.807) is 6.07 Å². The van der Waals surface area contributed by atoms with Gasteiger partial charge in [0.1, 0.15) is 0 Å². The number of anilines is 1. The molecule has 5 nitrogen and oxygen atoms in total. The first-order valence-electron chi connectivity index (χ1n) is 7.09. The highest BCUT2D eigenvalue weighted by molar-refractivity contribution is 6.42. The van der Waals surface area contributed by atoms with E-state index in [1.807, 2.05) is 13.8 Å². The average molecular weight is 344 g/mol. The summed E-state index contributed by atoms with van der Waals surface area (Å²) < 4.78 is 0. The average Bonchev–Trinajstić information content (AvgIpc) is 2.48. The van der Waals surface area contributed by atoms with Crippen molar-refractivity contribution in [3.8, 4) is 0 Å². The van der Waals surface area contributed by atoms with Gasteiger partial charge in [-0.05, 0) is 31.0 Å². The maximum atomic E-state index is 11.8. The van der Waals surface area contributed by atoms with Crippen molar-refractivity contribution in [2.24, 2.45) is 5.10 Å². The van der Waals surface area contributed by atoms with Gasteiger partial charge in [-0.3, -0.25) is 9.59 Å². The Kier molecular flexibility index (Phi) is 7.91. The first-order chi connectivity index (χ1) is 10.5. The summed E-state index contributed by atoms with van der Waals surface area (Å²) in [5.74, 6) is -1.63. The standard InChI is InChI=1S/C15H19Cl2N3O2/c1-3-5-10(6-4-2)19-20-15(22)14(21)18-11-7-8-12(16)13(17)9-11/h7-9H,3-6H2,1-2H3,(H,18,21)(H,20,22). The van der Waals surface area contributed by atoms with Gasteiger partial charge in [-0.1, -0.05) is 49.9 Å². The van der Waals surface area contributed by atoms with E-state index in [-0.39, 0.29) is 0 Å². The number of hydrazone groups is 1. The Bertz CT molecular complexity index is 566. The Morgan fingerprint density at radius 3 is 2.23 bits per heavy atom. The number of nitrogens with zero attached hydrogens (tertiary/aromatic N) is 1. The molecule has 0 atom stereocenters. The SMILES string of the molecule is CCCC(CCC)=NNC(=O)C(=O)Nc1ccc(Cl)c(Cl)c1. The smallest absolute Gasteiger partial charge is 0.318 e. The van der Waals surface area contributed by atoms with E-state index in [4.69, 9.17) is 23.2 Å². The second-order valence-corrected chi connectivity index (χ2v) is 5.52. The van der Waals surface area contributed by atoms with Crippen molar-refractivity contribution in [3.63, 3.8) is 0 Å². The minimum Gasteiger partial charge on any atom is -0.318 e. The number of carbonyl (C=O) groups excluding carboxylic acids is 2. The maximum absolute atomic E-state index is 11.8. The molecule has 2 N–H and O–H groups in total. The van der Waals surface area contributed by atoms with Gasteiger partial charge < -0.3 is 5.32 Å². The molecule has 0 aliphatic heterocycles. The van der Waals surface area contributed by atoms with Crippen LogP contribution in [0.2, 0.25) is 10.0 Å². The molecule has 7 heteroatoms. The van der Waals surface area contributed by atoms with Crippen LogP contribution in [0, 0.1) is 0 Å². The molecule has 0 aliphatic rings. The fourth-order valence-corrected chi connectivity index (χ4v) is 2.05. The maximum Gasteiger partial charge on any atom is 0.329 e. The summed E-state index contributed by atoms with van der Waals surface area (Å²) in [5, 5.41) is 7.11. The van der Waals surface area contributed by atoms with Crippen molar-refractivity contribution in [3.05, 3.63) is 28.2 Å². The van der Waals surface area contributed by atoms with Gasteiger partial charge >= 0.3 is 11.8 Å². The van der Waals surface area contributed by atoms with Crippen LogP contribution in [0.1, 0.15) is 39.5 Å². The number of halogens is 2. The summed E-state index contributed by atoms with van der Waals surface area (Å²) in [7, 11) is 0. The molecule has 1 rings (SSSR count). The number of hydrogen-bond acceptors (Lipinski definition) is 3. The normalized spacial score (nSPS) is 10.0. The van der Waals surface area contributed by atoms with E-state index in [9.17, 15) is 9.59 Å². The third-order valence-electron chi connectivity index (χ3n) is 2.78. The first kappa shape index (κ1) is 18.5. The summed E-state index contributed by atoms with van der Waals surface area (Å²) >= 11 is 11.6. The zero-order chi connectivity index (χ0) is 16.5. The Hall–Kier alpha value is -1.59. The quantitative estimate of drug-likeness (QED) is 0.465. The van der Waals surface area contributed by atoms with Crippen LogP contribution in [0.4, 0.5) is 5.69 Å². The Labute approximate surface area is 140 Å². The summed E-state index contributed by atoms with van der Waals surface area (Å²) in [6, 6.07) is 4.57. The Morgan fingerprint density at radius 1 is 1.05 bits per heavy atom. The number of carbonyl (C=O) groups is 2. The molecule has 0 radical (unpaired) electrons. The van der Waals surface area contributed by atoms with Crippen molar-refractivity contribution < 1.29 is 9.59 Å². The van der Waals surface area contributed by atoms with Crippen LogP contribution in [-0.2, 0) is 9.59 Å². The number of amides is 2. The van der Waals surface area contributed by atoms with Crippen molar-refractivity contribution in [1.29, 1.82) is 0 Å². The largest absolute Gasteiger partial charge is 0.329 e. The zero-order valence-corrected chi connectivity index (χ0v) is 14.1. The highest BCUT2D eigenvalue weighted by atomic mass is 35.5. The Balaban J connectivity index is 2.62. The highest BCUT2D eigenvalue weighted by Gasteiger charge is 2.14. The van der Waals surface area contributed by atoms with Crippen molar-refractivity contribution in [1.82, 2.24) is 5.43 Å². The van der Waals surface area contributed by atoms with Crippen LogP contribution in [0.25, 0.3) is 0 Å². The molecule has 120 valence electrons. The molecule has 1 aromatic rings. The van der Waals surface area contributed by atoms with Gasteiger partial charge in [-0.2, -0.15) is 5.10 Å². The molecule has 0 fully saturated rings. The highest BCUT2D eigenvalue weighted by Crippen LogP contribution is 2.24. The molecule has 0 aliphatic carbocycles. The Morgan fingerprint density at radius 2 is 1.68 bits per heavy atom. The summed E-state index contributed by atoms with van der Waals surface area (Å²) in [6.07, 6.45) is 3.46. The topological polar surface area (TPSA) is 70.6 Å². The third-order valence-corrected chi connectivity index (χ3v) is 3.52. The summed E-state index contributed by atoms with van der Waals surface area (Å²) in [6.45, 7) is 4.06. The van der Waals surface area contributed by atoms with E-state index in [0.29, 0.717) is 15.7 Å². The van der Waals surface area contributed by atoms with E-state index < -0.39 is 11.8 Å². The number of nitrogens with one attached hydrogen (secondary N) is 2. The van der Waals surface area contributed by atoms with Crippen LogP contribution in [0.3, 0.4) is 0 Å². The van der Waals surface area contributed by atoms with E-state index in [2.05, 4.69) is 15.8 Å². The van der Waals surface area contributed by atoms with Gasteiger partial charge in [0.15, 0.2) is 0 Å². The van der Waals surface area contributed by atoms with Crippen molar-refractivity contribution in [2.45, 2.75) is 39.5 Å². The number of rotatable bonds is 6. The minimum atomic E-state index is -0.823. The molecule has 2 amide bonds. The van der Waals surface area contributed by atoms with Gasteiger partial charge in [0.25, 0.3) is 0 Å². The fourth-order valence-electron chi connectivity index (χ4n) is 1.76. The molecule has 0 heterocycles. The number of hydrogen-bond donors (Lipinski definition) is 2. The molecule has 0 saturated carbocycles. The van der Waals surface area contributed by atoms with Crippen LogP contribution in [0.5, 0.6) is 0 Å². The van der Waals surface area contributed by atoms with E-state index in [0.717, 1.165) is 31.4 Å².